The third-order valence-corrected chi connectivity index (χ3v) is 5.46. The van der Waals surface area contributed by atoms with Crippen LogP contribution in [0.15, 0.2) is 12.4 Å². The largest absolute Gasteiger partial charge is 0.367 e. The molecule has 22 heavy (non-hydrogen) atoms. The third kappa shape index (κ3) is 4.46. The molecule has 0 atom stereocenters. The Balaban J connectivity index is 0.00000176. The second-order valence-corrected chi connectivity index (χ2v) is 7.27. The van der Waals surface area contributed by atoms with Crippen LogP contribution in [0.1, 0.15) is 49.8 Å². The third-order valence-electron chi connectivity index (χ3n) is 4.17. The van der Waals surface area contributed by atoms with Gasteiger partial charge in [-0.25, -0.2) is 9.97 Å². The summed E-state index contributed by atoms with van der Waals surface area (Å²) in [5, 5.41) is 4.83. The standard InChI is InChI=1S/C16H22ClN3S.ClH/c17-9-8-13-10-14-15(18-11-19-16(14)21-13)20-12-6-4-2-1-3-5-7-12;/h10-12H,1-9H2,(H,18,19,20);1H. The Morgan fingerprint density at radius 2 is 1.86 bits per heavy atom. The van der Waals surface area contributed by atoms with Crippen LogP contribution in [0, 0.1) is 0 Å². The Hall–Kier alpha value is -0.580. The summed E-state index contributed by atoms with van der Waals surface area (Å²) >= 11 is 7.58. The van der Waals surface area contributed by atoms with Crippen molar-refractivity contribution < 1.29 is 0 Å². The first-order valence-corrected chi connectivity index (χ1v) is 9.28. The van der Waals surface area contributed by atoms with E-state index in [1.165, 1.54) is 49.8 Å². The van der Waals surface area contributed by atoms with Gasteiger partial charge in [0.25, 0.3) is 0 Å². The molecule has 1 aliphatic rings. The molecule has 1 N–H and O–H groups in total. The molecule has 2 aromatic heterocycles. The van der Waals surface area contributed by atoms with Gasteiger partial charge in [0.2, 0.25) is 0 Å². The van der Waals surface area contributed by atoms with Gasteiger partial charge in [-0.2, -0.15) is 0 Å². The Labute approximate surface area is 147 Å². The Kier molecular flexibility index (Phi) is 7.19. The molecule has 122 valence electrons. The first kappa shape index (κ1) is 17.8. The van der Waals surface area contributed by atoms with E-state index in [1.807, 2.05) is 0 Å². The average Bonchev–Trinajstić information content (AvgIpc) is 2.85. The topological polar surface area (TPSA) is 37.8 Å². The highest BCUT2D eigenvalue weighted by molar-refractivity contribution is 7.18. The molecule has 1 saturated carbocycles. The predicted octanol–water partition coefficient (Wildman–Crippen LogP) is 5.42. The lowest BCUT2D eigenvalue weighted by Crippen LogP contribution is -2.21. The number of anilines is 1. The first-order chi connectivity index (χ1) is 10.4. The highest BCUT2D eigenvalue weighted by Gasteiger charge is 2.14. The van der Waals surface area contributed by atoms with Crippen molar-refractivity contribution in [2.24, 2.45) is 0 Å². The van der Waals surface area contributed by atoms with E-state index < -0.39 is 0 Å². The van der Waals surface area contributed by atoms with Crippen molar-refractivity contribution in [3.63, 3.8) is 0 Å². The van der Waals surface area contributed by atoms with Gasteiger partial charge in [0.05, 0.1) is 5.39 Å². The molecule has 3 nitrogen and oxygen atoms in total. The summed E-state index contributed by atoms with van der Waals surface area (Å²) in [6, 6.07) is 2.76. The van der Waals surface area contributed by atoms with Gasteiger partial charge >= 0.3 is 0 Å². The SMILES string of the molecule is Cl.ClCCc1cc2c(NC3CCCCCCC3)ncnc2s1. The molecule has 2 heterocycles. The van der Waals surface area contributed by atoms with Crippen LogP contribution >= 0.6 is 35.3 Å². The first-order valence-electron chi connectivity index (χ1n) is 7.93. The van der Waals surface area contributed by atoms with Gasteiger partial charge in [-0.1, -0.05) is 32.1 Å². The van der Waals surface area contributed by atoms with Gasteiger partial charge in [0.1, 0.15) is 17.0 Å². The van der Waals surface area contributed by atoms with E-state index in [1.54, 1.807) is 17.7 Å². The minimum Gasteiger partial charge on any atom is -0.367 e. The fraction of sp³-hybridized carbons (Fsp3) is 0.625. The van der Waals surface area contributed by atoms with Crippen molar-refractivity contribution in [1.29, 1.82) is 0 Å². The van der Waals surface area contributed by atoms with Crippen molar-refractivity contribution in [3.8, 4) is 0 Å². The van der Waals surface area contributed by atoms with Gasteiger partial charge < -0.3 is 5.32 Å². The number of alkyl halides is 1. The molecule has 0 spiro atoms. The number of aromatic nitrogens is 2. The van der Waals surface area contributed by atoms with Gasteiger partial charge in [0, 0.05) is 16.8 Å². The highest BCUT2D eigenvalue weighted by Crippen LogP contribution is 2.30. The van der Waals surface area contributed by atoms with Crippen molar-refractivity contribution in [2.75, 3.05) is 11.2 Å². The van der Waals surface area contributed by atoms with Crippen LogP contribution in [0.3, 0.4) is 0 Å². The fourth-order valence-electron chi connectivity index (χ4n) is 3.03. The van der Waals surface area contributed by atoms with Crippen molar-refractivity contribution in [1.82, 2.24) is 9.97 Å². The van der Waals surface area contributed by atoms with E-state index in [4.69, 9.17) is 11.6 Å². The number of thiophene rings is 1. The zero-order chi connectivity index (χ0) is 14.5. The lowest BCUT2D eigenvalue weighted by atomic mass is 9.97. The molecule has 0 aromatic carbocycles. The normalized spacial score (nSPS) is 16.8. The molecule has 0 bridgehead atoms. The molecule has 0 radical (unpaired) electrons. The number of hydrogen-bond donors (Lipinski definition) is 1. The number of hydrogen-bond acceptors (Lipinski definition) is 4. The lowest BCUT2D eigenvalue weighted by molar-refractivity contribution is 0.471. The highest BCUT2D eigenvalue weighted by atomic mass is 35.5. The number of aryl methyl sites for hydroxylation is 1. The summed E-state index contributed by atoms with van der Waals surface area (Å²) in [6.45, 7) is 0. The number of rotatable bonds is 4. The van der Waals surface area contributed by atoms with E-state index in [0.29, 0.717) is 11.9 Å². The second-order valence-electron chi connectivity index (χ2n) is 5.78. The molecule has 0 amide bonds. The summed E-state index contributed by atoms with van der Waals surface area (Å²) < 4.78 is 0. The summed E-state index contributed by atoms with van der Waals surface area (Å²) in [5.74, 6) is 1.66. The zero-order valence-electron chi connectivity index (χ0n) is 12.7. The fourth-order valence-corrected chi connectivity index (χ4v) is 4.34. The van der Waals surface area contributed by atoms with E-state index in [0.717, 1.165) is 22.5 Å². The second kappa shape index (κ2) is 8.90. The zero-order valence-corrected chi connectivity index (χ0v) is 15.1. The molecule has 2 aromatic rings. The van der Waals surface area contributed by atoms with Crippen LogP contribution in [0.4, 0.5) is 5.82 Å². The number of nitrogens with one attached hydrogen (secondary N) is 1. The minimum atomic E-state index is 0. The van der Waals surface area contributed by atoms with Crippen molar-refractivity contribution >= 4 is 51.4 Å². The molecule has 0 aliphatic heterocycles. The van der Waals surface area contributed by atoms with E-state index in [9.17, 15) is 0 Å². The lowest BCUT2D eigenvalue weighted by Gasteiger charge is -2.21. The summed E-state index contributed by atoms with van der Waals surface area (Å²) in [4.78, 5) is 11.2. The number of fused-ring (bicyclic) bond motifs is 1. The van der Waals surface area contributed by atoms with E-state index in [-0.39, 0.29) is 12.4 Å². The Morgan fingerprint density at radius 3 is 2.59 bits per heavy atom. The number of halogens is 2. The molecular weight excluding hydrogens is 337 g/mol. The molecule has 0 unspecified atom stereocenters. The summed E-state index contributed by atoms with van der Waals surface area (Å²) in [6.07, 6.45) is 11.9. The average molecular weight is 360 g/mol. The van der Waals surface area contributed by atoms with Crippen LogP contribution in [-0.4, -0.2) is 21.9 Å². The summed E-state index contributed by atoms with van der Waals surface area (Å²) in [5.41, 5.74) is 0. The van der Waals surface area contributed by atoms with Crippen LogP contribution < -0.4 is 5.32 Å². The van der Waals surface area contributed by atoms with Gasteiger partial charge in [0.15, 0.2) is 0 Å². The van der Waals surface area contributed by atoms with Crippen LogP contribution in [0.25, 0.3) is 10.2 Å². The minimum absolute atomic E-state index is 0. The van der Waals surface area contributed by atoms with Crippen molar-refractivity contribution in [2.45, 2.75) is 57.4 Å². The van der Waals surface area contributed by atoms with E-state index >= 15 is 0 Å². The maximum atomic E-state index is 5.85. The van der Waals surface area contributed by atoms with Crippen LogP contribution in [-0.2, 0) is 6.42 Å². The van der Waals surface area contributed by atoms with Gasteiger partial charge in [-0.05, 0) is 25.3 Å². The molecule has 3 rings (SSSR count). The predicted molar refractivity (Wildman–Crippen MR) is 98.8 cm³/mol. The van der Waals surface area contributed by atoms with Gasteiger partial charge in [-0.15, -0.1) is 35.3 Å². The Morgan fingerprint density at radius 1 is 1.14 bits per heavy atom. The van der Waals surface area contributed by atoms with Crippen LogP contribution in [0.5, 0.6) is 0 Å². The van der Waals surface area contributed by atoms with Gasteiger partial charge in [-0.3, -0.25) is 0 Å². The number of nitrogens with zero attached hydrogens (tertiary/aromatic N) is 2. The maximum Gasteiger partial charge on any atom is 0.138 e. The Bertz CT molecular complexity index is 580. The monoisotopic (exact) mass is 359 g/mol. The quantitative estimate of drug-likeness (QED) is 0.740. The molecule has 6 heteroatoms. The molecular formula is C16H23Cl2N3S. The molecule has 1 fully saturated rings. The van der Waals surface area contributed by atoms with Crippen LogP contribution in [0.2, 0.25) is 0 Å². The summed E-state index contributed by atoms with van der Waals surface area (Å²) in [7, 11) is 0. The van der Waals surface area contributed by atoms with E-state index in [2.05, 4.69) is 21.4 Å². The molecule has 1 aliphatic carbocycles. The smallest absolute Gasteiger partial charge is 0.138 e. The maximum absolute atomic E-state index is 5.85. The van der Waals surface area contributed by atoms with Crippen molar-refractivity contribution in [3.05, 3.63) is 17.3 Å². The molecule has 0 saturated heterocycles.